The van der Waals surface area contributed by atoms with Crippen molar-refractivity contribution in [1.29, 1.82) is 0 Å². The van der Waals surface area contributed by atoms with Gasteiger partial charge in [0.25, 0.3) is 0 Å². The summed E-state index contributed by atoms with van der Waals surface area (Å²) in [6.45, 7) is 1.57. The number of rotatable bonds is 5. The van der Waals surface area contributed by atoms with E-state index in [1.807, 2.05) is 0 Å². The molecule has 0 heterocycles. The molecule has 1 N–H and O–H groups in total. The summed E-state index contributed by atoms with van der Waals surface area (Å²) in [5, 5.41) is 9.04. The van der Waals surface area contributed by atoms with Gasteiger partial charge in [0, 0.05) is 0 Å². The molecule has 100 valence electrons. The Morgan fingerprint density at radius 3 is 2.22 bits per heavy atom. The minimum atomic E-state index is -3.76. The van der Waals surface area contributed by atoms with Crippen LogP contribution in [0.4, 0.5) is 10.1 Å². The van der Waals surface area contributed by atoms with Crippen molar-refractivity contribution >= 4 is 21.7 Å². The maximum atomic E-state index is 12.8. The van der Waals surface area contributed by atoms with E-state index >= 15 is 0 Å². The zero-order valence-corrected chi connectivity index (χ0v) is 10.8. The maximum Gasteiger partial charge on any atom is 0.327 e. The Balaban J connectivity index is 3.30. The number of hydrogen-bond acceptors (Lipinski definition) is 3. The molecule has 0 aliphatic carbocycles. The number of nitrogens with zero attached hydrogens (tertiary/aromatic N) is 1. The monoisotopic (exact) mass is 275 g/mol. The van der Waals surface area contributed by atoms with Gasteiger partial charge < -0.3 is 5.11 Å². The zero-order chi connectivity index (χ0) is 13.9. The minimum absolute atomic E-state index is 0.111. The highest BCUT2D eigenvalue weighted by atomic mass is 32.2. The summed E-state index contributed by atoms with van der Waals surface area (Å²) in [7, 11) is -3.76. The molecule has 0 aliphatic heterocycles. The van der Waals surface area contributed by atoms with Gasteiger partial charge in [-0.25, -0.2) is 17.6 Å². The first kappa shape index (κ1) is 14.4. The second-order valence-electron chi connectivity index (χ2n) is 3.80. The molecule has 0 aromatic heterocycles. The molecule has 0 fully saturated rings. The minimum Gasteiger partial charge on any atom is -0.480 e. The van der Waals surface area contributed by atoms with Crippen molar-refractivity contribution in [3.05, 3.63) is 30.1 Å². The number of carboxylic acids is 1. The van der Waals surface area contributed by atoms with E-state index in [2.05, 4.69) is 0 Å². The predicted octanol–water partition coefficient (Wildman–Crippen LogP) is 1.45. The van der Waals surface area contributed by atoms with Crippen LogP contribution in [-0.2, 0) is 14.8 Å². The number of benzene rings is 1. The first-order chi connectivity index (χ1) is 8.27. The van der Waals surface area contributed by atoms with Crippen LogP contribution < -0.4 is 4.31 Å². The maximum absolute atomic E-state index is 12.8. The smallest absolute Gasteiger partial charge is 0.327 e. The van der Waals surface area contributed by atoms with Crippen LogP contribution in [0.25, 0.3) is 0 Å². The number of halogens is 1. The molecule has 1 atom stereocenters. The molecule has 0 unspecified atom stereocenters. The van der Waals surface area contributed by atoms with Gasteiger partial charge in [-0.05, 0) is 30.7 Å². The van der Waals surface area contributed by atoms with Crippen molar-refractivity contribution in [2.24, 2.45) is 0 Å². The van der Waals surface area contributed by atoms with E-state index in [0.29, 0.717) is 0 Å². The first-order valence-electron chi connectivity index (χ1n) is 5.25. The van der Waals surface area contributed by atoms with Crippen LogP contribution in [0.3, 0.4) is 0 Å². The highest BCUT2D eigenvalue weighted by Crippen LogP contribution is 2.22. The van der Waals surface area contributed by atoms with Crippen LogP contribution in [0.2, 0.25) is 0 Å². The number of carbonyl (C=O) groups is 1. The van der Waals surface area contributed by atoms with E-state index in [4.69, 9.17) is 5.11 Å². The van der Waals surface area contributed by atoms with Crippen molar-refractivity contribution in [1.82, 2.24) is 0 Å². The summed E-state index contributed by atoms with van der Waals surface area (Å²) >= 11 is 0. The third-order valence-electron chi connectivity index (χ3n) is 2.39. The molecule has 0 aliphatic rings. The van der Waals surface area contributed by atoms with Crippen LogP contribution in [0, 0.1) is 5.82 Å². The van der Waals surface area contributed by atoms with Crippen LogP contribution in [0.15, 0.2) is 24.3 Å². The topological polar surface area (TPSA) is 74.7 Å². The summed E-state index contributed by atoms with van der Waals surface area (Å²) < 4.78 is 37.0. The second kappa shape index (κ2) is 5.34. The lowest BCUT2D eigenvalue weighted by atomic mass is 10.2. The fourth-order valence-corrected chi connectivity index (χ4v) is 2.84. The van der Waals surface area contributed by atoms with Gasteiger partial charge in [-0.2, -0.15) is 0 Å². The van der Waals surface area contributed by atoms with Crippen molar-refractivity contribution in [2.75, 3.05) is 10.6 Å². The molecule has 0 spiro atoms. The molecule has 0 radical (unpaired) electrons. The summed E-state index contributed by atoms with van der Waals surface area (Å²) in [6.07, 6.45) is 1.03. The number of hydrogen-bond donors (Lipinski definition) is 1. The SMILES string of the molecule is CC[C@@H](C(=O)O)N(c1ccc(F)cc1)S(C)(=O)=O. The highest BCUT2D eigenvalue weighted by molar-refractivity contribution is 7.92. The van der Waals surface area contributed by atoms with Crippen molar-refractivity contribution < 1.29 is 22.7 Å². The Bertz CT molecular complexity index is 526. The Hall–Kier alpha value is -1.63. The molecule has 1 aromatic rings. The van der Waals surface area contributed by atoms with E-state index in [9.17, 15) is 17.6 Å². The average Bonchev–Trinajstić information content (AvgIpc) is 2.25. The highest BCUT2D eigenvalue weighted by Gasteiger charge is 2.31. The van der Waals surface area contributed by atoms with Crippen LogP contribution in [0.5, 0.6) is 0 Å². The van der Waals surface area contributed by atoms with Crippen LogP contribution in [-0.4, -0.2) is 31.8 Å². The first-order valence-corrected chi connectivity index (χ1v) is 7.10. The van der Waals surface area contributed by atoms with Gasteiger partial charge >= 0.3 is 5.97 Å². The largest absolute Gasteiger partial charge is 0.480 e. The molecule has 1 rings (SSSR count). The van der Waals surface area contributed by atoms with Gasteiger partial charge in [0.05, 0.1) is 11.9 Å². The number of aliphatic carboxylic acids is 1. The van der Waals surface area contributed by atoms with E-state index in [1.165, 1.54) is 12.1 Å². The van der Waals surface area contributed by atoms with E-state index in [0.717, 1.165) is 22.7 Å². The fraction of sp³-hybridized carbons (Fsp3) is 0.364. The third kappa shape index (κ3) is 3.19. The summed E-state index contributed by atoms with van der Waals surface area (Å²) in [5.41, 5.74) is 0.133. The van der Waals surface area contributed by atoms with Gasteiger partial charge in [-0.3, -0.25) is 4.31 Å². The molecule has 0 bridgehead atoms. The molecular weight excluding hydrogens is 261 g/mol. The molecule has 0 saturated carbocycles. The molecule has 18 heavy (non-hydrogen) atoms. The summed E-state index contributed by atoms with van der Waals surface area (Å²) in [6, 6.07) is 3.44. The van der Waals surface area contributed by atoms with E-state index < -0.39 is 27.9 Å². The Labute approximate surface area is 105 Å². The van der Waals surface area contributed by atoms with Gasteiger partial charge in [0.15, 0.2) is 0 Å². The lowest BCUT2D eigenvalue weighted by Gasteiger charge is -2.27. The second-order valence-corrected chi connectivity index (χ2v) is 5.66. The number of sulfonamides is 1. The molecule has 0 saturated heterocycles. The van der Waals surface area contributed by atoms with Crippen molar-refractivity contribution in [3.8, 4) is 0 Å². The number of anilines is 1. The summed E-state index contributed by atoms with van der Waals surface area (Å²) in [5.74, 6) is -1.76. The molecule has 0 amide bonds. The molecule has 1 aromatic carbocycles. The lowest BCUT2D eigenvalue weighted by molar-refractivity contribution is -0.138. The van der Waals surface area contributed by atoms with Gasteiger partial charge in [0.1, 0.15) is 11.9 Å². The normalized spacial score (nSPS) is 13.1. The summed E-state index contributed by atoms with van der Waals surface area (Å²) in [4.78, 5) is 11.1. The molecule has 5 nitrogen and oxygen atoms in total. The lowest BCUT2D eigenvalue weighted by Crippen LogP contribution is -2.44. The number of carboxylic acid groups (broad SMARTS) is 1. The Kier molecular flexibility index (Phi) is 4.28. The predicted molar refractivity (Wildman–Crippen MR) is 65.4 cm³/mol. The van der Waals surface area contributed by atoms with Crippen LogP contribution in [0.1, 0.15) is 13.3 Å². The molecular formula is C11H14FNO4S. The zero-order valence-electron chi connectivity index (χ0n) is 10.00. The molecule has 7 heteroatoms. The average molecular weight is 275 g/mol. The fourth-order valence-electron chi connectivity index (χ4n) is 1.63. The van der Waals surface area contributed by atoms with Crippen molar-refractivity contribution in [2.45, 2.75) is 19.4 Å². The van der Waals surface area contributed by atoms with Crippen molar-refractivity contribution in [3.63, 3.8) is 0 Å². The van der Waals surface area contributed by atoms with E-state index in [-0.39, 0.29) is 12.1 Å². The van der Waals surface area contributed by atoms with Gasteiger partial charge in [0.2, 0.25) is 10.0 Å². The quantitative estimate of drug-likeness (QED) is 0.882. The van der Waals surface area contributed by atoms with Gasteiger partial charge in [-0.1, -0.05) is 6.92 Å². The van der Waals surface area contributed by atoms with Crippen LogP contribution >= 0.6 is 0 Å². The standard InChI is InChI=1S/C11H14FNO4S/c1-3-10(11(14)15)13(18(2,16)17)9-6-4-8(12)5-7-9/h4-7,10H,3H2,1-2H3,(H,14,15)/t10-/m0/s1. The Morgan fingerprint density at radius 2 is 1.89 bits per heavy atom. The third-order valence-corrected chi connectivity index (χ3v) is 3.57. The van der Waals surface area contributed by atoms with E-state index in [1.54, 1.807) is 6.92 Å². The Morgan fingerprint density at radius 1 is 1.39 bits per heavy atom. The van der Waals surface area contributed by atoms with Gasteiger partial charge in [-0.15, -0.1) is 0 Å².